The van der Waals surface area contributed by atoms with Crippen molar-refractivity contribution in [1.82, 2.24) is 9.55 Å². The van der Waals surface area contributed by atoms with E-state index in [-0.39, 0.29) is 47.5 Å². The molecule has 0 unspecified atom stereocenters. The van der Waals surface area contributed by atoms with Crippen molar-refractivity contribution >= 4 is 22.9 Å². The monoisotopic (exact) mass is 422 g/mol. The van der Waals surface area contributed by atoms with E-state index in [1.54, 1.807) is 19.1 Å². The van der Waals surface area contributed by atoms with E-state index < -0.39 is 23.1 Å². The molecule has 0 aliphatic carbocycles. The fourth-order valence-electron chi connectivity index (χ4n) is 4.67. The summed E-state index contributed by atoms with van der Waals surface area (Å²) in [6.45, 7) is 1.60. The van der Waals surface area contributed by atoms with Crippen LogP contribution in [-0.2, 0) is 28.3 Å². The van der Waals surface area contributed by atoms with E-state index >= 15 is 0 Å². The highest BCUT2D eigenvalue weighted by atomic mass is 19.1. The van der Waals surface area contributed by atoms with Crippen LogP contribution in [0.3, 0.4) is 0 Å². The van der Waals surface area contributed by atoms with E-state index in [0.717, 1.165) is 6.07 Å². The number of nitrogens with zero attached hydrogens (tertiary/aromatic N) is 2. The average Bonchev–Trinajstić information content (AvgIpc) is 3.14. The number of pyridine rings is 2. The molecule has 3 aliphatic rings. The zero-order valence-electron chi connectivity index (χ0n) is 16.2. The van der Waals surface area contributed by atoms with Crippen molar-refractivity contribution in [2.24, 2.45) is 0 Å². The number of hydrogen-bond acceptors (Lipinski definition) is 7. The number of benzene rings is 1. The summed E-state index contributed by atoms with van der Waals surface area (Å²) in [6.07, 6.45) is 3.06. The summed E-state index contributed by atoms with van der Waals surface area (Å²) < 4.78 is 26.2. The van der Waals surface area contributed by atoms with Gasteiger partial charge in [-0.25, -0.2) is 14.2 Å². The van der Waals surface area contributed by atoms with Crippen molar-refractivity contribution in [2.75, 3.05) is 0 Å². The van der Waals surface area contributed by atoms with Crippen molar-refractivity contribution in [2.45, 2.75) is 32.1 Å². The summed E-state index contributed by atoms with van der Waals surface area (Å²) in [7, 11) is 0. The molecule has 0 fully saturated rings. The number of ether oxygens (including phenoxy) is 2. The van der Waals surface area contributed by atoms with E-state index in [9.17, 15) is 24.2 Å². The Labute approximate surface area is 173 Å². The van der Waals surface area contributed by atoms with Gasteiger partial charge >= 0.3 is 5.97 Å². The summed E-state index contributed by atoms with van der Waals surface area (Å²) in [5.41, 5.74) is 0.620. The van der Waals surface area contributed by atoms with Gasteiger partial charge in [0.2, 0.25) is 0 Å². The van der Waals surface area contributed by atoms with Gasteiger partial charge < -0.3 is 24.3 Å². The largest absolute Gasteiger partial charge is 0.502 e. The number of phenolic OH excluding ortho intramolecular Hbond substituents is 1. The Morgan fingerprint density at radius 1 is 1.29 bits per heavy atom. The third-order valence-corrected chi connectivity index (χ3v) is 6.32. The molecule has 0 amide bonds. The minimum atomic E-state index is -1.92. The van der Waals surface area contributed by atoms with Crippen LogP contribution >= 0.6 is 0 Å². The highest BCUT2D eigenvalue weighted by Gasteiger charge is 2.45. The molecule has 1 aromatic carbocycles. The Bertz CT molecular complexity index is 1460. The molecule has 8 nitrogen and oxygen atoms in total. The third kappa shape index (κ3) is 2.08. The Morgan fingerprint density at radius 2 is 2.10 bits per heavy atom. The van der Waals surface area contributed by atoms with Crippen molar-refractivity contribution in [3.05, 3.63) is 56.8 Å². The van der Waals surface area contributed by atoms with Crippen LogP contribution in [0, 0.1) is 5.82 Å². The minimum absolute atomic E-state index is 0.0234. The quantitative estimate of drug-likeness (QED) is 0.453. The molecule has 0 spiro atoms. The lowest BCUT2D eigenvalue weighted by Crippen LogP contribution is -2.44. The first-order valence-electron chi connectivity index (χ1n) is 9.73. The average molecular weight is 422 g/mol. The molecule has 2 N–H and O–H groups in total. The predicted octanol–water partition coefficient (Wildman–Crippen LogP) is 2.29. The Morgan fingerprint density at radius 3 is 2.87 bits per heavy atom. The Balaban J connectivity index is 1.70. The number of aromatic nitrogens is 2. The highest BCUT2D eigenvalue weighted by Crippen LogP contribution is 2.46. The summed E-state index contributed by atoms with van der Waals surface area (Å²) >= 11 is 0. The van der Waals surface area contributed by atoms with Crippen LogP contribution in [0.25, 0.3) is 28.4 Å². The maximum atomic E-state index is 14.2. The van der Waals surface area contributed by atoms with Gasteiger partial charge in [-0.2, -0.15) is 0 Å². The third-order valence-electron chi connectivity index (χ3n) is 6.32. The number of phenols is 1. The number of carbonyl (C=O) groups is 1. The zero-order valence-corrected chi connectivity index (χ0v) is 16.2. The van der Waals surface area contributed by atoms with Crippen LogP contribution in [0.4, 0.5) is 4.39 Å². The summed E-state index contributed by atoms with van der Waals surface area (Å²) in [5, 5.41) is 21.5. The molecule has 2 aromatic heterocycles. The molecule has 156 valence electrons. The first kappa shape index (κ1) is 18.1. The fraction of sp³-hybridized carbons (Fsp3) is 0.227. The second-order valence-electron chi connectivity index (χ2n) is 7.81. The summed E-state index contributed by atoms with van der Waals surface area (Å²) in [4.78, 5) is 30.1. The standard InChI is InChI=1S/C22H15FN2O6/c1-2-22(29)12-5-15-17-10(7-25(15)20(27)11(12)8-31-21(22)28)9-3-4-30-19-16(9)14(24-17)6-13(23)18(19)26/h3-6,26,29H,2,7-8H2,1H3/t22-/m0/s1. The molecule has 6 rings (SSSR count). The van der Waals surface area contributed by atoms with Crippen LogP contribution in [-0.4, -0.2) is 25.7 Å². The Kier molecular flexibility index (Phi) is 3.32. The fourth-order valence-corrected chi connectivity index (χ4v) is 4.67. The predicted molar refractivity (Wildman–Crippen MR) is 106 cm³/mol. The lowest BCUT2D eigenvalue weighted by molar-refractivity contribution is -0.172. The summed E-state index contributed by atoms with van der Waals surface area (Å²) in [5.74, 6) is -2.30. The molecular formula is C22H15FN2O6. The summed E-state index contributed by atoms with van der Waals surface area (Å²) in [6, 6.07) is 2.71. The molecule has 0 radical (unpaired) electrons. The van der Waals surface area contributed by atoms with Gasteiger partial charge in [0.1, 0.15) is 6.61 Å². The zero-order chi connectivity index (χ0) is 21.7. The van der Waals surface area contributed by atoms with Crippen LogP contribution in [0.5, 0.6) is 11.5 Å². The Hall–Kier alpha value is -3.72. The van der Waals surface area contributed by atoms with Gasteiger partial charge in [0, 0.05) is 17.2 Å². The number of hydrogen-bond donors (Lipinski definition) is 2. The number of rotatable bonds is 1. The van der Waals surface area contributed by atoms with Crippen LogP contribution < -0.4 is 10.3 Å². The SMILES string of the molecule is CC[C@@]1(O)C(=O)OCc2c1cc1n(c2=O)Cc2c-1nc1cc(F)c(O)c3c1c2C=CO3. The van der Waals surface area contributed by atoms with Gasteiger partial charge in [-0.1, -0.05) is 6.92 Å². The molecule has 5 heterocycles. The van der Waals surface area contributed by atoms with Gasteiger partial charge in [0.25, 0.3) is 5.56 Å². The van der Waals surface area contributed by atoms with Crippen molar-refractivity contribution in [3.8, 4) is 22.9 Å². The van der Waals surface area contributed by atoms with Gasteiger partial charge in [-0.05, 0) is 24.1 Å². The van der Waals surface area contributed by atoms with E-state index in [4.69, 9.17) is 9.47 Å². The molecular weight excluding hydrogens is 407 g/mol. The van der Waals surface area contributed by atoms with Crippen LogP contribution in [0.2, 0.25) is 0 Å². The number of cyclic esters (lactones) is 1. The minimum Gasteiger partial charge on any atom is -0.502 e. The smallest absolute Gasteiger partial charge is 0.343 e. The molecule has 3 aliphatic heterocycles. The molecule has 9 heteroatoms. The van der Waals surface area contributed by atoms with E-state index in [0.29, 0.717) is 27.9 Å². The van der Waals surface area contributed by atoms with Crippen molar-refractivity contribution in [1.29, 1.82) is 0 Å². The normalized spacial score (nSPS) is 20.2. The lowest BCUT2D eigenvalue weighted by atomic mass is 9.86. The number of aromatic hydroxyl groups is 1. The maximum absolute atomic E-state index is 14.2. The van der Waals surface area contributed by atoms with Crippen LogP contribution in [0.15, 0.2) is 23.2 Å². The number of fused-ring (bicyclic) bond motifs is 5. The van der Waals surface area contributed by atoms with E-state index in [2.05, 4.69) is 4.98 Å². The van der Waals surface area contributed by atoms with Gasteiger partial charge in [0.15, 0.2) is 22.9 Å². The topological polar surface area (TPSA) is 111 Å². The number of halogens is 1. The van der Waals surface area contributed by atoms with Gasteiger partial charge in [-0.3, -0.25) is 4.79 Å². The number of aliphatic hydroxyl groups is 1. The second-order valence-corrected chi connectivity index (χ2v) is 7.81. The molecule has 3 aromatic rings. The first-order chi connectivity index (χ1) is 14.8. The molecule has 1 atom stereocenters. The second kappa shape index (κ2) is 5.70. The maximum Gasteiger partial charge on any atom is 0.343 e. The number of esters is 1. The molecule has 0 saturated carbocycles. The van der Waals surface area contributed by atoms with E-state index in [1.807, 2.05) is 0 Å². The lowest BCUT2D eigenvalue weighted by Gasteiger charge is -2.31. The van der Waals surface area contributed by atoms with Gasteiger partial charge in [0.05, 0.1) is 40.7 Å². The van der Waals surface area contributed by atoms with Crippen molar-refractivity contribution < 1.29 is 28.9 Å². The molecule has 0 bridgehead atoms. The van der Waals surface area contributed by atoms with Crippen LogP contribution in [0.1, 0.15) is 35.6 Å². The van der Waals surface area contributed by atoms with Gasteiger partial charge in [-0.15, -0.1) is 0 Å². The number of carbonyl (C=O) groups excluding carboxylic acids is 1. The van der Waals surface area contributed by atoms with Crippen molar-refractivity contribution in [3.63, 3.8) is 0 Å². The highest BCUT2D eigenvalue weighted by molar-refractivity contribution is 6.00. The first-order valence-corrected chi connectivity index (χ1v) is 9.73. The molecule has 0 saturated heterocycles. The van der Waals surface area contributed by atoms with E-state index in [1.165, 1.54) is 10.8 Å². The molecule has 31 heavy (non-hydrogen) atoms.